The van der Waals surface area contributed by atoms with E-state index in [0.29, 0.717) is 12.1 Å². The molecule has 2 heterocycles. The number of hydrogen-bond acceptors (Lipinski definition) is 3. The molecule has 1 saturated carbocycles. The molecule has 5 nitrogen and oxygen atoms in total. The topological polar surface area (TPSA) is 65.3 Å². The van der Waals surface area contributed by atoms with Gasteiger partial charge in [0.2, 0.25) is 0 Å². The summed E-state index contributed by atoms with van der Waals surface area (Å²) in [5.41, 5.74) is 7.47. The van der Waals surface area contributed by atoms with Crippen LogP contribution in [-0.4, -0.2) is 20.7 Å². The van der Waals surface area contributed by atoms with Crippen LogP contribution in [0.3, 0.4) is 0 Å². The van der Waals surface area contributed by atoms with Gasteiger partial charge < -0.3 is 10.3 Å². The quantitative estimate of drug-likeness (QED) is 0.873. The highest BCUT2D eigenvalue weighted by atomic mass is 16.1. The van der Waals surface area contributed by atoms with Gasteiger partial charge in [0.05, 0.1) is 5.69 Å². The highest BCUT2D eigenvalue weighted by molar-refractivity contribution is 5.44. The Kier molecular flexibility index (Phi) is 2.52. The van der Waals surface area contributed by atoms with Crippen molar-refractivity contribution in [2.75, 3.05) is 6.54 Å². The molecule has 0 aliphatic heterocycles. The summed E-state index contributed by atoms with van der Waals surface area (Å²) in [4.78, 5) is 12.3. The minimum atomic E-state index is 0.0430. The number of aromatic nitrogens is 3. The van der Waals surface area contributed by atoms with Gasteiger partial charge in [-0.15, -0.1) is 0 Å². The zero-order valence-electron chi connectivity index (χ0n) is 10.6. The summed E-state index contributed by atoms with van der Waals surface area (Å²) in [6.45, 7) is 3.38. The second-order valence-electron chi connectivity index (χ2n) is 5.39. The van der Waals surface area contributed by atoms with E-state index in [-0.39, 0.29) is 11.0 Å². The SMILES string of the molecule is Cc1cc2c(=O)n(CC3(CCN)CC3)ccn2n1. The van der Waals surface area contributed by atoms with E-state index < -0.39 is 0 Å². The number of fused-ring (bicyclic) bond motifs is 1. The summed E-state index contributed by atoms with van der Waals surface area (Å²) in [5.74, 6) is 0. The Bertz CT molecular complexity index is 636. The first-order valence-corrected chi connectivity index (χ1v) is 6.39. The zero-order chi connectivity index (χ0) is 12.8. The van der Waals surface area contributed by atoms with Crippen LogP contribution in [-0.2, 0) is 6.54 Å². The monoisotopic (exact) mass is 246 g/mol. The maximum absolute atomic E-state index is 12.3. The molecule has 0 saturated heterocycles. The van der Waals surface area contributed by atoms with Crippen LogP contribution in [0.15, 0.2) is 23.3 Å². The zero-order valence-corrected chi connectivity index (χ0v) is 10.6. The van der Waals surface area contributed by atoms with Gasteiger partial charge in [0.25, 0.3) is 5.56 Å². The summed E-state index contributed by atoms with van der Waals surface area (Å²) >= 11 is 0. The second kappa shape index (κ2) is 3.95. The summed E-state index contributed by atoms with van der Waals surface area (Å²) in [6.07, 6.45) is 7.05. The van der Waals surface area contributed by atoms with Crippen molar-refractivity contribution in [3.05, 3.63) is 34.5 Å². The van der Waals surface area contributed by atoms with Crippen molar-refractivity contribution >= 4 is 5.52 Å². The molecule has 2 aromatic heterocycles. The molecular formula is C13H18N4O. The maximum atomic E-state index is 12.3. The van der Waals surface area contributed by atoms with Gasteiger partial charge in [-0.05, 0) is 44.2 Å². The lowest BCUT2D eigenvalue weighted by Gasteiger charge is -2.15. The molecule has 0 unspecified atom stereocenters. The summed E-state index contributed by atoms with van der Waals surface area (Å²) in [6, 6.07) is 1.83. The van der Waals surface area contributed by atoms with Crippen molar-refractivity contribution in [2.24, 2.45) is 11.1 Å². The maximum Gasteiger partial charge on any atom is 0.276 e. The number of rotatable bonds is 4. The fourth-order valence-electron chi connectivity index (χ4n) is 2.60. The normalized spacial score (nSPS) is 17.2. The van der Waals surface area contributed by atoms with Crippen molar-refractivity contribution in [3.63, 3.8) is 0 Å². The predicted molar refractivity (Wildman–Crippen MR) is 69.5 cm³/mol. The first-order valence-electron chi connectivity index (χ1n) is 6.39. The summed E-state index contributed by atoms with van der Waals surface area (Å²) < 4.78 is 3.45. The van der Waals surface area contributed by atoms with Crippen LogP contribution in [0.1, 0.15) is 25.0 Å². The molecule has 0 radical (unpaired) electrons. The van der Waals surface area contributed by atoms with E-state index in [2.05, 4.69) is 5.10 Å². The molecule has 96 valence electrons. The van der Waals surface area contributed by atoms with Gasteiger partial charge in [0, 0.05) is 18.9 Å². The van der Waals surface area contributed by atoms with Crippen molar-refractivity contribution in [3.8, 4) is 0 Å². The van der Waals surface area contributed by atoms with E-state index in [1.807, 2.05) is 25.4 Å². The Morgan fingerprint density at radius 3 is 2.89 bits per heavy atom. The van der Waals surface area contributed by atoms with Crippen molar-refractivity contribution in [2.45, 2.75) is 32.7 Å². The number of nitrogens with two attached hydrogens (primary N) is 1. The van der Waals surface area contributed by atoms with Crippen LogP contribution in [0, 0.1) is 12.3 Å². The molecule has 0 spiro atoms. The third kappa shape index (κ3) is 1.84. The first-order chi connectivity index (χ1) is 8.63. The van der Waals surface area contributed by atoms with Crippen LogP contribution >= 0.6 is 0 Å². The van der Waals surface area contributed by atoms with E-state index in [9.17, 15) is 4.79 Å². The lowest BCUT2D eigenvalue weighted by Crippen LogP contribution is -2.26. The minimum absolute atomic E-state index is 0.0430. The number of nitrogens with zero attached hydrogens (tertiary/aromatic N) is 3. The second-order valence-corrected chi connectivity index (χ2v) is 5.39. The Morgan fingerprint density at radius 2 is 2.22 bits per heavy atom. The molecular weight excluding hydrogens is 228 g/mol. The largest absolute Gasteiger partial charge is 0.330 e. The van der Waals surface area contributed by atoms with E-state index in [1.54, 1.807) is 9.08 Å². The van der Waals surface area contributed by atoms with Gasteiger partial charge in [-0.1, -0.05) is 0 Å². The average Bonchev–Trinajstić information content (AvgIpc) is 2.97. The molecule has 18 heavy (non-hydrogen) atoms. The smallest absolute Gasteiger partial charge is 0.276 e. The Labute approximate surface area is 105 Å². The van der Waals surface area contributed by atoms with Crippen LogP contribution < -0.4 is 11.3 Å². The van der Waals surface area contributed by atoms with E-state index in [1.165, 1.54) is 12.8 Å². The van der Waals surface area contributed by atoms with Gasteiger partial charge in [-0.3, -0.25) is 4.79 Å². The third-order valence-corrected chi connectivity index (χ3v) is 3.86. The van der Waals surface area contributed by atoms with Gasteiger partial charge >= 0.3 is 0 Å². The lowest BCUT2D eigenvalue weighted by atomic mass is 10.0. The highest BCUT2D eigenvalue weighted by Gasteiger charge is 2.42. The molecule has 1 fully saturated rings. The van der Waals surface area contributed by atoms with Crippen LogP contribution in [0.5, 0.6) is 0 Å². The van der Waals surface area contributed by atoms with Crippen molar-refractivity contribution in [1.82, 2.24) is 14.2 Å². The predicted octanol–water partition coefficient (Wildman–Crippen LogP) is 0.933. The molecule has 0 atom stereocenters. The molecule has 0 aromatic carbocycles. The van der Waals surface area contributed by atoms with Gasteiger partial charge in [-0.2, -0.15) is 5.10 Å². The molecule has 0 amide bonds. The Morgan fingerprint density at radius 1 is 1.44 bits per heavy atom. The van der Waals surface area contributed by atoms with Gasteiger partial charge in [0.1, 0.15) is 5.52 Å². The third-order valence-electron chi connectivity index (χ3n) is 3.86. The standard InChI is InChI=1S/C13H18N4O/c1-10-8-11-12(18)16(6-7-17(11)15-10)9-13(2-3-13)4-5-14/h6-8H,2-5,9,14H2,1H3. The molecule has 1 aliphatic rings. The highest BCUT2D eigenvalue weighted by Crippen LogP contribution is 2.49. The first kappa shape index (κ1) is 11.5. The molecule has 0 bridgehead atoms. The molecule has 1 aliphatic carbocycles. The lowest BCUT2D eigenvalue weighted by molar-refractivity contribution is 0.391. The van der Waals surface area contributed by atoms with Crippen LogP contribution in [0.2, 0.25) is 0 Å². The van der Waals surface area contributed by atoms with Crippen molar-refractivity contribution in [1.29, 1.82) is 0 Å². The molecule has 5 heteroatoms. The Hall–Kier alpha value is -1.62. The van der Waals surface area contributed by atoms with Crippen LogP contribution in [0.25, 0.3) is 5.52 Å². The van der Waals surface area contributed by atoms with Gasteiger partial charge in [-0.25, -0.2) is 4.52 Å². The number of aryl methyl sites for hydroxylation is 1. The van der Waals surface area contributed by atoms with Gasteiger partial charge in [0.15, 0.2) is 0 Å². The fourth-order valence-corrected chi connectivity index (χ4v) is 2.60. The van der Waals surface area contributed by atoms with Crippen molar-refractivity contribution < 1.29 is 0 Å². The van der Waals surface area contributed by atoms with E-state index in [0.717, 1.165) is 18.7 Å². The average molecular weight is 246 g/mol. The van der Waals surface area contributed by atoms with E-state index >= 15 is 0 Å². The number of hydrogen-bond donors (Lipinski definition) is 1. The Balaban J connectivity index is 1.98. The van der Waals surface area contributed by atoms with E-state index in [4.69, 9.17) is 5.73 Å². The fraction of sp³-hybridized carbons (Fsp3) is 0.538. The summed E-state index contributed by atoms with van der Waals surface area (Å²) in [5, 5.41) is 4.25. The molecule has 2 N–H and O–H groups in total. The summed E-state index contributed by atoms with van der Waals surface area (Å²) in [7, 11) is 0. The molecule has 3 rings (SSSR count). The van der Waals surface area contributed by atoms with Crippen LogP contribution in [0.4, 0.5) is 0 Å². The molecule has 2 aromatic rings. The minimum Gasteiger partial charge on any atom is -0.330 e.